The Labute approximate surface area is 490 Å². The van der Waals surface area contributed by atoms with Gasteiger partial charge in [-0.05, 0) is 114 Å². The Bertz CT molecular complexity index is 2690. The number of benzene rings is 4. The van der Waals surface area contributed by atoms with Crippen LogP contribution in [0.3, 0.4) is 0 Å². The predicted molar refractivity (Wildman–Crippen MR) is 335 cm³/mol. The lowest BCUT2D eigenvalue weighted by Gasteiger charge is -2.32. The first-order valence-electron chi connectivity index (χ1n) is 28.7. The lowest BCUT2D eigenvalue weighted by atomic mass is 9.73. The molecule has 0 aliphatic rings. The van der Waals surface area contributed by atoms with Gasteiger partial charge in [0.25, 0.3) is 0 Å². The van der Waals surface area contributed by atoms with Gasteiger partial charge in [0.15, 0.2) is 0 Å². The molecule has 0 aromatic heterocycles. The van der Waals surface area contributed by atoms with Crippen molar-refractivity contribution in [1.29, 1.82) is 0 Å². The first kappa shape index (κ1) is 67.7. The molecule has 0 bridgehead atoms. The zero-order valence-corrected chi connectivity index (χ0v) is 54.2. The van der Waals surface area contributed by atoms with Crippen LogP contribution in [0.4, 0.5) is 0 Å². The van der Waals surface area contributed by atoms with Crippen LogP contribution in [-0.2, 0) is 62.3 Å². The minimum Gasteiger partial charge on any atom is -0.508 e. The molecule has 8 nitrogen and oxygen atoms in total. The first-order valence-corrected chi connectivity index (χ1v) is 28.7. The third-order valence-corrected chi connectivity index (χ3v) is 14.0. The van der Waals surface area contributed by atoms with Crippen molar-refractivity contribution in [2.75, 3.05) is 52.9 Å². The second-order valence-corrected chi connectivity index (χ2v) is 30.2. The molecular formula is C73H100O8. The second kappa shape index (κ2) is 25.7. The monoisotopic (exact) mass is 1100 g/mol. The summed E-state index contributed by atoms with van der Waals surface area (Å²) < 4.78 is 26.1. The number of aromatic hydroxyl groups is 4. The molecule has 0 aliphatic carbocycles. The average Bonchev–Trinajstić information content (AvgIpc) is 3.29. The molecule has 0 amide bonds. The van der Waals surface area contributed by atoms with Gasteiger partial charge in [0.2, 0.25) is 0 Å². The van der Waals surface area contributed by atoms with E-state index >= 15 is 0 Å². The highest BCUT2D eigenvalue weighted by atomic mass is 16.5. The Kier molecular flexibility index (Phi) is 21.5. The predicted octanol–water partition coefficient (Wildman–Crippen LogP) is 15.4. The average molecular weight is 1110 g/mol. The lowest BCUT2D eigenvalue weighted by Crippen LogP contribution is -2.42. The molecule has 0 radical (unpaired) electrons. The molecule has 0 unspecified atom stereocenters. The fourth-order valence-corrected chi connectivity index (χ4v) is 11.0. The van der Waals surface area contributed by atoms with Crippen LogP contribution in [-0.4, -0.2) is 73.3 Å². The SMILES string of the molecule is CC(C)(C)c1c(O)ccc(C#CCOCC(COCC#Cc2ccc(O)c(C(C)(C)C)c2C(C)(C)C)(COCC#Cc2ccc(O)c(C(C)(C)C)c2C(C)(C)C)COCC#Cc2ccc(O)c(C(C)(C)C)c2C(C)(C)C)c1C(C)(C)C. The van der Waals surface area contributed by atoms with Crippen molar-refractivity contribution < 1.29 is 39.4 Å². The van der Waals surface area contributed by atoms with Crippen molar-refractivity contribution >= 4 is 0 Å². The molecule has 0 saturated heterocycles. The van der Waals surface area contributed by atoms with E-state index < -0.39 is 5.41 Å². The summed E-state index contributed by atoms with van der Waals surface area (Å²) in [6.45, 7) is 51.7. The fourth-order valence-electron chi connectivity index (χ4n) is 11.0. The molecule has 0 spiro atoms. The highest BCUT2D eigenvalue weighted by Gasteiger charge is 2.36. The summed E-state index contributed by atoms with van der Waals surface area (Å²) in [6.07, 6.45) is 0. The van der Waals surface area contributed by atoms with E-state index in [2.05, 4.69) is 214 Å². The molecule has 8 heteroatoms. The van der Waals surface area contributed by atoms with Gasteiger partial charge in [-0.15, -0.1) is 0 Å². The number of phenols is 4. The van der Waals surface area contributed by atoms with E-state index in [1.165, 1.54) is 0 Å². The van der Waals surface area contributed by atoms with Crippen LogP contribution in [0.25, 0.3) is 0 Å². The molecule has 440 valence electrons. The number of hydrogen-bond acceptors (Lipinski definition) is 8. The van der Waals surface area contributed by atoms with Gasteiger partial charge < -0.3 is 39.4 Å². The van der Waals surface area contributed by atoms with Crippen molar-refractivity contribution in [3.63, 3.8) is 0 Å². The summed E-state index contributed by atoms with van der Waals surface area (Å²) in [4.78, 5) is 0. The highest BCUT2D eigenvalue weighted by molar-refractivity contribution is 5.60. The molecule has 4 N–H and O–H groups in total. The third-order valence-electron chi connectivity index (χ3n) is 14.0. The zero-order valence-electron chi connectivity index (χ0n) is 54.2. The number of phenolic OH excluding ortho intramolecular Hbond substituents is 4. The molecular weight excluding hydrogens is 1000 g/mol. The number of hydrogen-bond donors (Lipinski definition) is 4. The van der Waals surface area contributed by atoms with Crippen molar-refractivity contribution in [2.45, 2.75) is 209 Å². The van der Waals surface area contributed by atoms with E-state index in [1.807, 2.05) is 24.3 Å². The first-order chi connectivity index (χ1) is 36.9. The number of ether oxygens (including phenoxy) is 4. The van der Waals surface area contributed by atoms with Crippen molar-refractivity contribution in [3.8, 4) is 70.4 Å². The van der Waals surface area contributed by atoms with Crippen LogP contribution in [0.5, 0.6) is 23.0 Å². The minimum atomic E-state index is -0.904. The highest BCUT2D eigenvalue weighted by Crippen LogP contribution is 2.45. The topological polar surface area (TPSA) is 118 Å². The quantitative estimate of drug-likeness (QED) is 0.0819. The van der Waals surface area contributed by atoms with Gasteiger partial charge >= 0.3 is 0 Å². The van der Waals surface area contributed by atoms with Gasteiger partial charge in [-0.25, -0.2) is 0 Å². The molecule has 4 aromatic carbocycles. The molecule has 0 saturated carbocycles. The van der Waals surface area contributed by atoms with Gasteiger partial charge in [-0.1, -0.05) is 214 Å². The normalized spacial score (nSPS) is 12.8. The van der Waals surface area contributed by atoms with Crippen molar-refractivity contribution in [3.05, 3.63) is 115 Å². The maximum atomic E-state index is 11.1. The van der Waals surface area contributed by atoms with Crippen LogP contribution in [0.15, 0.2) is 48.5 Å². The summed E-state index contributed by atoms with van der Waals surface area (Å²) in [5, 5.41) is 44.5. The third kappa shape index (κ3) is 18.1. The van der Waals surface area contributed by atoms with Gasteiger partial charge in [0.1, 0.15) is 49.4 Å². The van der Waals surface area contributed by atoms with E-state index in [9.17, 15) is 20.4 Å². The van der Waals surface area contributed by atoms with Gasteiger partial charge in [0.05, 0.1) is 31.8 Å². The smallest absolute Gasteiger partial charge is 0.119 e. The standard InChI is InChI=1S/C73H100O8/c1-65(2,3)57-49(33-37-53(74)61(57)69(13,14)15)29-25-41-78-45-73(46-79-42-26-30-50-34-38-54(75)62(70(16,17)18)58(50)66(4,5)6,47-80-43-27-31-51-35-39-55(76)63(71(19,20)21)59(51)67(7,8)9)48-81-44-28-32-52-36-40-56(77)64(72(22,23)24)60(52)68(10,11)12/h33-40,74-77H,41-48H2,1-24H3. The molecule has 4 rings (SSSR count). The number of rotatable bonds is 12. The second-order valence-electron chi connectivity index (χ2n) is 30.2. The summed E-state index contributed by atoms with van der Waals surface area (Å²) in [5.74, 6) is 27.7. The molecule has 0 atom stereocenters. The van der Waals surface area contributed by atoms with Crippen molar-refractivity contribution in [2.24, 2.45) is 5.41 Å². The van der Waals surface area contributed by atoms with Crippen molar-refractivity contribution in [1.82, 2.24) is 0 Å². The van der Waals surface area contributed by atoms with Gasteiger partial charge in [-0.3, -0.25) is 0 Å². The maximum absolute atomic E-state index is 11.1. The lowest BCUT2D eigenvalue weighted by molar-refractivity contribution is -0.0920. The molecule has 4 aromatic rings. The van der Waals surface area contributed by atoms with E-state index in [0.717, 1.165) is 66.8 Å². The summed E-state index contributed by atoms with van der Waals surface area (Å²) in [6, 6.07) is 14.4. The Morgan fingerprint density at radius 2 is 0.420 bits per heavy atom. The Hall–Kier alpha value is -5.84. The molecule has 0 fully saturated rings. The Morgan fingerprint density at radius 1 is 0.259 bits per heavy atom. The van der Waals surface area contributed by atoms with Crippen LogP contribution in [0.1, 0.15) is 233 Å². The Balaban J connectivity index is 1.83. The van der Waals surface area contributed by atoms with Crippen LogP contribution < -0.4 is 0 Å². The summed E-state index contributed by atoms with van der Waals surface area (Å²) >= 11 is 0. The largest absolute Gasteiger partial charge is 0.508 e. The molecule has 81 heavy (non-hydrogen) atoms. The minimum absolute atomic E-state index is 0.0854. The van der Waals surface area contributed by atoms with Crippen LogP contribution in [0.2, 0.25) is 0 Å². The molecule has 0 aliphatic heterocycles. The van der Waals surface area contributed by atoms with Crippen LogP contribution in [0, 0.1) is 52.8 Å². The summed E-state index contributed by atoms with van der Waals surface area (Å²) in [7, 11) is 0. The van der Waals surface area contributed by atoms with E-state index in [4.69, 9.17) is 18.9 Å². The van der Waals surface area contributed by atoms with Crippen LogP contribution >= 0.6 is 0 Å². The Morgan fingerprint density at radius 3 is 0.568 bits per heavy atom. The maximum Gasteiger partial charge on any atom is 0.119 e. The molecule has 0 heterocycles. The van der Waals surface area contributed by atoms with E-state index in [0.29, 0.717) is 0 Å². The van der Waals surface area contributed by atoms with E-state index in [1.54, 1.807) is 24.3 Å². The summed E-state index contributed by atoms with van der Waals surface area (Å²) in [5.41, 5.74) is 7.44. The van der Waals surface area contributed by atoms with E-state index in [-0.39, 0.29) is 119 Å². The van der Waals surface area contributed by atoms with Gasteiger partial charge in [0, 0.05) is 44.5 Å². The van der Waals surface area contributed by atoms with Gasteiger partial charge in [-0.2, -0.15) is 0 Å². The fraction of sp³-hybridized carbons (Fsp3) is 0.562. The zero-order chi connectivity index (χ0) is 61.5.